The van der Waals surface area contributed by atoms with Crippen molar-refractivity contribution >= 4 is 16.9 Å². The average Bonchev–Trinajstić information content (AvgIpc) is 2.60. The fraction of sp³-hybridized carbons (Fsp3) is 0.182. The van der Waals surface area contributed by atoms with Gasteiger partial charge in [0.15, 0.2) is 0 Å². The van der Waals surface area contributed by atoms with E-state index in [4.69, 9.17) is 5.11 Å². The number of carboxylic acids is 1. The number of hydrogen-bond acceptors (Lipinski definition) is 1. The van der Waals surface area contributed by atoms with Crippen molar-refractivity contribution in [3.8, 4) is 0 Å². The monoisotopic (exact) mass is 225 g/mol. The molecular formula is C11H9F2NO2. The largest absolute Gasteiger partial charge is 0.478 e. The number of benzene rings is 1. The van der Waals surface area contributed by atoms with E-state index in [2.05, 4.69) is 0 Å². The van der Waals surface area contributed by atoms with Crippen LogP contribution in [0.2, 0.25) is 0 Å². The Kier molecular flexibility index (Phi) is 2.60. The Morgan fingerprint density at radius 2 is 2.12 bits per heavy atom. The lowest BCUT2D eigenvalue weighted by Gasteiger charge is -2.04. The van der Waals surface area contributed by atoms with Crippen molar-refractivity contribution < 1.29 is 18.7 Å². The number of fused-ring (bicyclic) bond motifs is 1. The molecule has 1 heterocycles. The summed E-state index contributed by atoms with van der Waals surface area (Å²) in [6.07, 6.45) is -0.979. The molecule has 1 N–H and O–H groups in total. The predicted octanol–water partition coefficient (Wildman–Crippen LogP) is 2.60. The summed E-state index contributed by atoms with van der Waals surface area (Å²) in [4.78, 5) is 10.9. The van der Waals surface area contributed by atoms with Crippen molar-refractivity contribution in [1.82, 2.24) is 4.57 Å². The van der Waals surface area contributed by atoms with Crippen molar-refractivity contribution in [3.63, 3.8) is 0 Å². The smallest absolute Gasteiger partial charge is 0.336 e. The highest BCUT2D eigenvalue weighted by Crippen LogP contribution is 2.21. The molecule has 84 valence electrons. The van der Waals surface area contributed by atoms with Crippen LogP contribution in [-0.4, -0.2) is 22.1 Å². The van der Waals surface area contributed by atoms with Gasteiger partial charge in [0.2, 0.25) is 0 Å². The molecule has 16 heavy (non-hydrogen) atoms. The summed E-state index contributed by atoms with van der Waals surface area (Å²) in [7, 11) is 0. The first-order valence-corrected chi connectivity index (χ1v) is 4.69. The highest BCUT2D eigenvalue weighted by Gasteiger charge is 2.12. The molecule has 0 aliphatic heterocycles. The van der Waals surface area contributed by atoms with E-state index in [9.17, 15) is 13.6 Å². The molecule has 0 fully saturated rings. The van der Waals surface area contributed by atoms with Crippen molar-refractivity contribution in [1.29, 1.82) is 0 Å². The first-order valence-electron chi connectivity index (χ1n) is 4.69. The molecule has 0 spiro atoms. The molecular weight excluding hydrogens is 216 g/mol. The molecule has 0 amide bonds. The Morgan fingerprint density at radius 1 is 1.38 bits per heavy atom. The summed E-state index contributed by atoms with van der Waals surface area (Å²) >= 11 is 0. The van der Waals surface area contributed by atoms with Crippen LogP contribution in [0, 0.1) is 0 Å². The maximum absolute atomic E-state index is 12.2. The molecule has 2 aromatic rings. The van der Waals surface area contributed by atoms with Gasteiger partial charge in [0, 0.05) is 17.1 Å². The molecule has 0 atom stereocenters. The Hall–Kier alpha value is -1.91. The summed E-state index contributed by atoms with van der Waals surface area (Å²) in [5.74, 6) is -1.06. The molecule has 0 aliphatic carbocycles. The SMILES string of the molecule is O=C(O)c1cccc2c1ccn2CC(F)F. The Balaban J connectivity index is 2.57. The Labute approximate surface area is 89.9 Å². The van der Waals surface area contributed by atoms with Gasteiger partial charge in [-0.2, -0.15) is 0 Å². The lowest BCUT2D eigenvalue weighted by atomic mass is 10.1. The van der Waals surface area contributed by atoms with Crippen LogP contribution >= 0.6 is 0 Å². The van der Waals surface area contributed by atoms with Gasteiger partial charge in [0.25, 0.3) is 6.43 Å². The number of carbonyl (C=O) groups is 1. The lowest BCUT2D eigenvalue weighted by Crippen LogP contribution is -2.05. The minimum absolute atomic E-state index is 0.130. The van der Waals surface area contributed by atoms with Gasteiger partial charge >= 0.3 is 5.97 Å². The molecule has 3 nitrogen and oxygen atoms in total. The molecule has 0 saturated carbocycles. The van der Waals surface area contributed by atoms with Crippen LogP contribution in [0.3, 0.4) is 0 Å². The molecule has 5 heteroatoms. The number of hydrogen-bond donors (Lipinski definition) is 1. The molecule has 1 aromatic carbocycles. The third-order valence-electron chi connectivity index (χ3n) is 2.38. The average molecular weight is 225 g/mol. The van der Waals surface area contributed by atoms with Crippen LogP contribution in [-0.2, 0) is 6.54 Å². The van der Waals surface area contributed by atoms with Crippen LogP contribution in [0.15, 0.2) is 30.5 Å². The van der Waals surface area contributed by atoms with E-state index in [1.54, 1.807) is 18.2 Å². The van der Waals surface area contributed by atoms with Gasteiger partial charge in [-0.15, -0.1) is 0 Å². The first kappa shape index (κ1) is 10.6. The standard InChI is InChI=1S/C11H9F2NO2/c12-10(13)6-14-5-4-7-8(11(15)16)2-1-3-9(7)14/h1-5,10H,6H2,(H,15,16). The van der Waals surface area contributed by atoms with Gasteiger partial charge < -0.3 is 9.67 Å². The third kappa shape index (κ3) is 1.76. The first-order chi connectivity index (χ1) is 7.59. The minimum atomic E-state index is -2.45. The lowest BCUT2D eigenvalue weighted by molar-refractivity contribution is 0.0699. The van der Waals surface area contributed by atoms with Crippen molar-refractivity contribution in [2.75, 3.05) is 0 Å². The van der Waals surface area contributed by atoms with E-state index in [0.29, 0.717) is 10.9 Å². The number of carboxylic acid groups (broad SMARTS) is 1. The quantitative estimate of drug-likeness (QED) is 0.872. The molecule has 1 aromatic heterocycles. The number of rotatable bonds is 3. The van der Waals surface area contributed by atoms with E-state index in [-0.39, 0.29) is 5.56 Å². The normalized spacial score (nSPS) is 11.2. The van der Waals surface area contributed by atoms with E-state index in [1.807, 2.05) is 0 Å². The second-order valence-electron chi connectivity index (χ2n) is 3.40. The Bertz CT molecular complexity index is 534. The number of aromatic nitrogens is 1. The van der Waals surface area contributed by atoms with E-state index in [0.717, 1.165) is 0 Å². The number of halogens is 2. The van der Waals surface area contributed by atoms with Crippen molar-refractivity contribution in [3.05, 3.63) is 36.0 Å². The third-order valence-corrected chi connectivity index (χ3v) is 2.38. The van der Waals surface area contributed by atoms with Crippen LogP contribution in [0.25, 0.3) is 10.9 Å². The van der Waals surface area contributed by atoms with E-state index in [1.165, 1.54) is 16.8 Å². The van der Waals surface area contributed by atoms with Gasteiger partial charge in [0.1, 0.15) is 0 Å². The molecule has 0 unspecified atom stereocenters. The zero-order valence-corrected chi connectivity index (χ0v) is 8.23. The molecule has 0 aliphatic rings. The fourth-order valence-electron chi connectivity index (χ4n) is 1.72. The Morgan fingerprint density at radius 3 is 2.75 bits per heavy atom. The summed E-state index contributed by atoms with van der Waals surface area (Å²) in [5, 5.41) is 9.40. The van der Waals surface area contributed by atoms with Crippen LogP contribution in [0.4, 0.5) is 8.78 Å². The maximum atomic E-state index is 12.2. The van der Waals surface area contributed by atoms with Gasteiger partial charge in [0.05, 0.1) is 12.1 Å². The molecule has 2 rings (SSSR count). The number of nitrogens with zero attached hydrogens (tertiary/aromatic N) is 1. The second kappa shape index (κ2) is 3.92. The summed E-state index contributed by atoms with van der Waals surface area (Å²) < 4.78 is 25.8. The maximum Gasteiger partial charge on any atom is 0.336 e. The predicted molar refractivity (Wildman–Crippen MR) is 54.9 cm³/mol. The molecule has 0 radical (unpaired) electrons. The van der Waals surface area contributed by atoms with Gasteiger partial charge in [-0.25, -0.2) is 13.6 Å². The zero-order valence-electron chi connectivity index (χ0n) is 8.23. The minimum Gasteiger partial charge on any atom is -0.478 e. The topological polar surface area (TPSA) is 42.2 Å². The van der Waals surface area contributed by atoms with Crippen LogP contribution < -0.4 is 0 Å². The number of aromatic carboxylic acids is 1. The van der Waals surface area contributed by atoms with Gasteiger partial charge in [-0.3, -0.25) is 0 Å². The van der Waals surface area contributed by atoms with Gasteiger partial charge in [-0.05, 0) is 18.2 Å². The summed E-state index contributed by atoms with van der Waals surface area (Å²) in [5.41, 5.74) is 0.644. The summed E-state index contributed by atoms with van der Waals surface area (Å²) in [6.45, 7) is -0.424. The molecule has 0 bridgehead atoms. The van der Waals surface area contributed by atoms with Crippen LogP contribution in [0.5, 0.6) is 0 Å². The van der Waals surface area contributed by atoms with Crippen LogP contribution in [0.1, 0.15) is 10.4 Å². The fourth-order valence-corrected chi connectivity index (χ4v) is 1.72. The van der Waals surface area contributed by atoms with Crippen molar-refractivity contribution in [2.45, 2.75) is 13.0 Å². The van der Waals surface area contributed by atoms with Crippen molar-refractivity contribution in [2.24, 2.45) is 0 Å². The zero-order chi connectivity index (χ0) is 11.7. The highest BCUT2D eigenvalue weighted by atomic mass is 19.3. The highest BCUT2D eigenvalue weighted by molar-refractivity contribution is 6.02. The van der Waals surface area contributed by atoms with E-state index >= 15 is 0 Å². The number of alkyl halides is 2. The van der Waals surface area contributed by atoms with Gasteiger partial charge in [-0.1, -0.05) is 6.07 Å². The second-order valence-corrected chi connectivity index (χ2v) is 3.40. The summed E-state index contributed by atoms with van der Waals surface area (Å²) in [6, 6.07) is 6.18. The van der Waals surface area contributed by atoms with E-state index < -0.39 is 18.9 Å². The molecule has 0 saturated heterocycles.